The maximum atomic E-state index is 8.16. The van der Waals surface area contributed by atoms with Gasteiger partial charge in [0, 0.05) is 6.54 Å². The first kappa shape index (κ1) is 6.39. The second-order valence-electron chi connectivity index (χ2n) is 1.03. The van der Waals surface area contributed by atoms with Crippen molar-refractivity contribution in [1.82, 2.24) is 0 Å². The third-order valence-corrected chi connectivity index (χ3v) is 0.560. The molecule has 4 N–H and O–H groups in total. The molecule has 0 bridgehead atoms. The van der Waals surface area contributed by atoms with Crippen LogP contribution in [0.1, 0.15) is 0 Å². The Morgan fingerprint density at radius 1 is 1.71 bits per heavy atom. The largest absolute Gasteiger partial charge is 0.411 e. The Morgan fingerprint density at radius 2 is 2.29 bits per heavy atom. The van der Waals surface area contributed by atoms with Gasteiger partial charge in [0.25, 0.3) is 0 Å². The van der Waals surface area contributed by atoms with Crippen molar-refractivity contribution in [3.05, 3.63) is 0 Å². The number of rotatable bonds is 2. The monoisotopic (exact) mass is 104 g/mol. The second kappa shape index (κ2) is 3.58. The summed E-state index contributed by atoms with van der Waals surface area (Å²) in [7, 11) is 0. The standard InChI is InChI=1S/C3H8N2O2/c4-1-3(2-6)5-7/h6-7H,1-2,4H2. The van der Waals surface area contributed by atoms with Crippen molar-refractivity contribution >= 4 is 5.71 Å². The predicted molar refractivity (Wildman–Crippen MR) is 25.4 cm³/mol. The Labute approximate surface area is 41.2 Å². The molecule has 7 heavy (non-hydrogen) atoms. The molecule has 0 aliphatic heterocycles. The zero-order valence-electron chi connectivity index (χ0n) is 3.83. The molecule has 0 saturated carbocycles. The van der Waals surface area contributed by atoms with Crippen LogP contribution in [0.15, 0.2) is 5.16 Å². The minimum atomic E-state index is -0.271. The van der Waals surface area contributed by atoms with Crippen LogP contribution in [-0.4, -0.2) is 29.2 Å². The highest BCUT2D eigenvalue weighted by molar-refractivity contribution is 5.86. The molecule has 0 aromatic rings. The molecule has 0 saturated heterocycles. The summed E-state index contributed by atoms with van der Waals surface area (Å²) in [5.74, 6) is 0. The zero-order valence-corrected chi connectivity index (χ0v) is 3.83. The van der Waals surface area contributed by atoms with E-state index in [4.69, 9.17) is 16.0 Å². The van der Waals surface area contributed by atoms with E-state index < -0.39 is 0 Å². The molecule has 0 aromatic carbocycles. The molecule has 0 amide bonds. The molecule has 0 spiro atoms. The average Bonchev–Trinajstić information content (AvgIpc) is 1.72. The third kappa shape index (κ3) is 2.13. The van der Waals surface area contributed by atoms with Gasteiger partial charge in [-0.1, -0.05) is 5.16 Å². The molecule has 0 aliphatic carbocycles. The van der Waals surface area contributed by atoms with Gasteiger partial charge < -0.3 is 16.0 Å². The van der Waals surface area contributed by atoms with Crippen LogP contribution in [0.4, 0.5) is 0 Å². The van der Waals surface area contributed by atoms with Crippen LogP contribution < -0.4 is 5.73 Å². The number of oxime groups is 1. The fourth-order valence-corrected chi connectivity index (χ4v) is 0.137. The fourth-order valence-electron chi connectivity index (χ4n) is 0.137. The van der Waals surface area contributed by atoms with Crippen molar-refractivity contribution in [3.63, 3.8) is 0 Å². The summed E-state index contributed by atoms with van der Waals surface area (Å²) in [6.07, 6.45) is 0. The van der Waals surface area contributed by atoms with E-state index >= 15 is 0 Å². The minimum Gasteiger partial charge on any atom is -0.411 e. The van der Waals surface area contributed by atoms with Gasteiger partial charge in [0.05, 0.1) is 12.3 Å². The van der Waals surface area contributed by atoms with E-state index in [1.165, 1.54) is 0 Å². The predicted octanol–water partition coefficient (Wildman–Crippen LogP) is -1.23. The number of hydrogen-bond donors (Lipinski definition) is 3. The number of aliphatic hydroxyl groups is 1. The van der Waals surface area contributed by atoms with E-state index in [9.17, 15) is 0 Å². The highest BCUT2D eigenvalue weighted by atomic mass is 16.4. The number of nitrogens with two attached hydrogens (primary N) is 1. The first-order valence-corrected chi connectivity index (χ1v) is 1.86. The zero-order chi connectivity index (χ0) is 5.70. The maximum absolute atomic E-state index is 8.16. The highest BCUT2D eigenvalue weighted by Crippen LogP contribution is 1.66. The van der Waals surface area contributed by atoms with Crippen LogP contribution in [0.5, 0.6) is 0 Å². The number of hydrogen-bond acceptors (Lipinski definition) is 4. The summed E-state index contributed by atoms with van der Waals surface area (Å²) in [5.41, 5.74) is 5.14. The summed E-state index contributed by atoms with van der Waals surface area (Å²) in [6.45, 7) is -0.167. The van der Waals surface area contributed by atoms with Gasteiger partial charge >= 0.3 is 0 Å². The van der Waals surface area contributed by atoms with E-state index in [2.05, 4.69) is 5.16 Å². The van der Waals surface area contributed by atoms with E-state index in [-0.39, 0.29) is 18.9 Å². The fraction of sp³-hybridized carbons (Fsp3) is 0.667. The van der Waals surface area contributed by atoms with Gasteiger partial charge in [0.15, 0.2) is 0 Å². The smallest absolute Gasteiger partial charge is 0.0959 e. The Hall–Kier alpha value is -0.610. The lowest BCUT2D eigenvalue weighted by Gasteiger charge is -1.89. The first-order chi connectivity index (χ1) is 3.35. The van der Waals surface area contributed by atoms with Crippen molar-refractivity contribution in [2.45, 2.75) is 0 Å². The number of aliphatic hydroxyl groups excluding tert-OH is 1. The normalized spacial score (nSPS) is 12.0. The molecule has 0 rings (SSSR count). The quantitative estimate of drug-likeness (QED) is 0.233. The Morgan fingerprint density at radius 3 is 2.29 bits per heavy atom. The lowest BCUT2D eigenvalue weighted by molar-refractivity contribution is 0.301. The summed E-state index contributed by atoms with van der Waals surface area (Å²) in [6, 6.07) is 0. The minimum absolute atomic E-state index is 0.104. The van der Waals surface area contributed by atoms with Crippen LogP contribution in [0.3, 0.4) is 0 Å². The van der Waals surface area contributed by atoms with Gasteiger partial charge in [-0.2, -0.15) is 0 Å². The SMILES string of the molecule is NCC(CO)=NO. The van der Waals surface area contributed by atoms with E-state index in [1.54, 1.807) is 0 Å². The van der Waals surface area contributed by atoms with Crippen LogP contribution in [0, 0.1) is 0 Å². The molecule has 42 valence electrons. The molecule has 0 aromatic heterocycles. The molecule has 4 heteroatoms. The van der Waals surface area contributed by atoms with Crippen molar-refractivity contribution in [2.75, 3.05) is 13.2 Å². The first-order valence-electron chi connectivity index (χ1n) is 1.86. The molecule has 0 radical (unpaired) electrons. The Kier molecular flexibility index (Phi) is 3.26. The molecular weight excluding hydrogens is 96.0 g/mol. The van der Waals surface area contributed by atoms with Crippen LogP contribution in [0.25, 0.3) is 0 Å². The number of nitrogens with zero attached hydrogens (tertiary/aromatic N) is 1. The van der Waals surface area contributed by atoms with Crippen molar-refractivity contribution in [2.24, 2.45) is 10.9 Å². The van der Waals surface area contributed by atoms with Gasteiger partial charge in [-0.15, -0.1) is 0 Å². The molecule has 0 heterocycles. The Balaban J connectivity index is 3.38. The van der Waals surface area contributed by atoms with Gasteiger partial charge in [0.1, 0.15) is 0 Å². The van der Waals surface area contributed by atoms with E-state index in [1.807, 2.05) is 0 Å². The third-order valence-electron chi connectivity index (χ3n) is 0.560. The topological polar surface area (TPSA) is 78.8 Å². The van der Waals surface area contributed by atoms with E-state index in [0.717, 1.165) is 0 Å². The van der Waals surface area contributed by atoms with Gasteiger partial charge in [-0.3, -0.25) is 0 Å². The summed E-state index contributed by atoms with van der Waals surface area (Å²) >= 11 is 0. The molecule has 0 fully saturated rings. The summed E-state index contributed by atoms with van der Waals surface area (Å²) in [4.78, 5) is 0. The van der Waals surface area contributed by atoms with Gasteiger partial charge in [-0.05, 0) is 0 Å². The molecular formula is C3H8N2O2. The van der Waals surface area contributed by atoms with Crippen molar-refractivity contribution in [3.8, 4) is 0 Å². The highest BCUT2D eigenvalue weighted by Gasteiger charge is 1.88. The Bertz CT molecular complexity index is 65.3. The molecule has 0 atom stereocenters. The van der Waals surface area contributed by atoms with Crippen molar-refractivity contribution < 1.29 is 10.3 Å². The second-order valence-corrected chi connectivity index (χ2v) is 1.03. The van der Waals surface area contributed by atoms with Crippen LogP contribution >= 0.6 is 0 Å². The summed E-state index contributed by atoms with van der Waals surface area (Å²) in [5, 5.41) is 18.7. The van der Waals surface area contributed by atoms with Gasteiger partial charge in [-0.25, -0.2) is 0 Å². The molecule has 4 nitrogen and oxygen atoms in total. The van der Waals surface area contributed by atoms with Gasteiger partial charge in [0.2, 0.25) is 0 Å². The van der Waals surface area contributed by atoms with Crippen LogP contribution in [0.2, 0.25) is 0 Å². The maximum Gasteiger partial charge on any atom is 0.0959 e. The molecule has 0 aliphatic rings. The van der Waals surface area contributed by atoms with Crippen molar-refractivity contribution in [1.29, 1.82) is 0 Å². The summed E-state index contributed by atoms with van der Waals surface area (Å²) < 4.78 is 0. The lowest BCUT2D eigenvalue weighted by atomic mass is 10.4. The molecule has 0 unspecified atom stereocenters. The van der Waals surface area contributed by atoms with Crippen LogP contribution in [-0.2, 0) is 0 Å². The van der Waals surface area contributed by atoms with E-state index in [0.29, 0.717) is 0 Å². The average molecular weight is 104 g/mol. The lowest BCUT2D eigenvalue weighted by Crippen LogP contribution is -2.17.